The maximum atomic E-state index is 12.3. The van der Waals surface area contributed by atoms with Crippen LogP contribution in [0.5, 0.6) is 0 Å². The molecule has 0 amide bonds. The molecule has 1 saturated heterocycles. The zero-order chi connectivity index (χ0) is 14.9. The molecule has 0 aromatic heterocycles. The number of rotatable bonds is 6. The highest BCUT2D eigenvalue weighted by Gasteiger charge is 2.50. The molecule has 3 atom stereocenters. The Hall–Kier alpha value is -0.610. The van der Waals surface area contributed by atoms with E-state index in [0.29, 0.717) is 12.1 Å². The quantitative estimate of drug-likeness (QED) is 0.763. The molecule has 1 N–H and O–H groups in total. The van der Waals surface area contributed by atoms with Gasteiger partial charge in [0.25, 0.3) is 0 Å². The van der Waals surface area contributed by atoms with E-state index in [1.165, 1.54) is 52.3 Å². The fourth-order valence-electron chi connectivity index (χ4n) is 4.36. The lowest BCUT2D eigenvalue weighted by molar-refractivity contribution is -0.148. The third-order valence-corrected chi connectivity index (χ3v) is 5.65. The molecule has 4 heteroatoms. The van der Waals surface area contributed by atoms with E-state index >= 15 is 0 Å². The van der Waals surface area contributed by atoms with Crippen LogP contribution < -0.4 is 5.32 Å². The van der Waals surface area contributed by atoms with Gasteiger partial charge in [-0.05, 0) is 57.4 Å². The van der Waals surface area contributed by atoms with E-state index in [2.05, 4.69) is 17.1 Å². The number of hydrogen-bond acceptors (Lipinski definition) is 4. The van der Waals surface area contributed by atoms with Gasteiger partial charge in [0.2, 0.25) is 0 Å². The molecule has 2 aliphatic carbocycles. The summed E-state index contributed by atoms with van der Waals surface area (Å²) >= 11 is 0. The Balaban J connectivity index is 1.61. The van der Waals surface area contributed by atoms with Crippen LogP contribution in [-0.4, -0.2) is 48.7 Å². The van der Waals surface area contributed by atoms with Crippen LogP contribution in [0, 0.1) is 5.92 Å². The highest BCUT2D eigenvalue weighted by atomic mass is 16.5. The van der Waals surface area contributed by atoms with Crippen LogP contribution in [0.3, 0.4) is 0 Å². The summed E-state index contributed by atoms with van der Waals surface area (Å²) in [6.07, 6.45) is 9.42. The van der Waals surface area contributed by atoms with Crippen LogP contribution in [0.15, 0.2) is 0 Å². The van der Waals surface area contributed by atoms with Crippen LogP contribution >= 0.6 is 0 Å². The van der Waals surface area contributed by atoms with Crippen molar-refractivity contribution >= 4 is 5.97 Å². The van der Waals surface area contributed by atoms with Crippen molar-refractivity contribution in [1.29, 1.82) is 0 Å². The minimum Gasteiger partial charge on any atom is -0.468 e. The maximum Gasteiger partial charge on any atom is 0.326 e. The Kier molecular flexibility index (Phi) is 4.55. The number of esters is 1. The topological polar surface area (TPSA) is 41.6 Å². The Bertz CT molecular complexity index is 383. The lowest BCUT2D eigenvalue weighted by atomic mass is 9.97. The Labute approximate surface area is 128 Å². The molecule has 0 bridgehead atoms. The summed E-state index contributed by atoms with van der Waals surface area (Å²) in [7, 11) is 1.53. The number of methoxy groups -OCH3 is 1. The summed E-state index contributed by atoms with van der Waals surface area (Å²) in [6, 6.07) is 1.12. The number of nitrogens with one attached hydrogen (secondary N) is 1. The van der Waals surface area contributed by atoms with Gasteiger partial charge in [-0.3, -0.25) is 10.1 Å². The van der Waals surface area contributed by atoms with Crippen LogP contribution in [0.2, 0.25) is 0 Å². The van der Waals surface area contributed by atoms with Crippen molar-refractivity contribution in [2.45, 2.75) is 75.9 Å². The van der Waals surface area contributed by atoms with E-state index in [-0.39, 0.29) is 5.97 Å². The minimum absolute atomic E-state index is 0.0406. The van der Waals surface area contributed by atoms with Crippen molar-refractivity contribution in [3.8, 4) is 0 Å². The van der Waals surface area contributed by atoms with Crippen LogP contribution in [0.1, 0.15) is 58.3 Å². The maximum absolute atomic E-state index is 12.3. The van der Waals surface area contributed by atoms with Crippen molar-refractivity contribution in [3.05, 3.63) is 0 Å². The van der Waals surface area contributed by atoms with Gasteiger partial charge in [0.05, 0.1) is 7.11 Å². The molecule has 0 aromatic carbocycles. The molecule has 0 radical (unpaired) electrons. The van der Waals surface area contributed by atoms with Crippen LogP contribution in [0.4, 0.5) is 0 Å². The normalized spacial score (nSPS) is 37.0. The second kappa shape index (κ2) is 6.25. The summed E-state index contributed by atoms with van der Waals surface area (Å²) < 4.78 is 5.12. The molecule has 1 aliphatic heterocycles. The van der Waals surface area contributed by atoms with Gasteiger partial charge < -0.3 is 9.64 Å². The minimum atomic E-state index is -0.399. The molecule has 3 aliphatic rings. The third kappa shape index (κ3) is 3.26. The van der Waals surface area contributed by atoms with Gasteiger partial charge in [0.15, 0.2) is 0 Å². The molecule has 0 aromatic rings. The number of likely N-dealkylation sites (tertiary alicyclic amines) is 1. The molecule has 0 spiro atoms. The van der Waals surface area contributed by atoms with Crippen molar-refractivity contribution in [2.24, 2.45) is 5.92 Å². The Morgan fingerprint density at radius 2 is 2.14 bits per heavy atom. The van der Waals surface area contributed by atoms with E-state index in [0.717, 1.165) is 25.2 Å². The number of hydrogen-bond donors (Lipinski definition) is 1. The average molecular weight is 294 g/mol. The van der Waals surface area contributed by atoms with E-state index in [1.807, 2.05) is 0 Å². The summed E-state index contributed by atoms with van der Waals surface area (Å²) in [5, 5.41) is 3.61. The molecule has 120 valence electrons. The first kappa shape index (κ1) is 15.3. The number of carbonyl (C=O) groups excluding carboxylic acids is 1. The predicted octanol–water partition coefficient (Wildman–Crippen LogP) is 2.32. The first-order valence-corrected chi connectivity index (χ1v) is 8.77. The van der Waals surface area contributed by atoms with Crippen molar-refractivity contribution in [1.82, 2.24) is 10.2 Å². The Morgan fingerprint density at radius 3 is 2.81 bits per heavy atom. The van der Waals surface area contributed by atoms with Gasteiger partial charge in [0.1, 0.15) is 5.54 Å². The van der Waals surface area contributed by atoms with Gasteiger partial charge in [-0.25, -0.2) is 0 Å². The van der Waals surface area contributed by atoms with E-state index in [1.54, 1.807) is 0 Å². The summed E-state index contributed by atoms with van der Waals surface area (Å²) in [4.78, 5) is 15.0. The number of carbonyl (C=O) groups is 1. The predicted molar refractivity (Wildman–Crippen MR) is 83.1 cm³/mol. The standard InChI is InChI=1S/C17H30N2O2/c1-3-4-13-8-10-19(12-13)15-7-9-17(11-15,16(20)21-2)18-14-5-6-14/h13-15,18H,3-12H2,1-2H3. The lowest BCUT2D eigenvalue weighted by Gasteiger charge is -2.30. The molecular weight excluding hydrogens is 264 g/mol. The highest BCUT2D eigenvalue weighted by Crippen LogP contribution is 2.39. The largest absolute Gasteiger partial charge is 0.468 e. The zero-order valence-electron chi connectivity index (χ0n) is 13.6. The first-order valence-electron chi connectivity index (χ1n) is 8.77. The molecule has 3 rings (SSSR count). The first-order chi connectivity index (χ1) is 10.2. The Morgan fingerprint density at radius 1 is 1.33 bits per heavy atom. The summed E-state index contributed by atoms with van der Waals surface area (Å²) in [6.45, 7) is 4.73. The number of ether oxygens (including phenoxy) is 1. The van der Waals surface area contributed by atoms with E-state index in [4.69, 9.17) is 4.74 Å². The average Bonchev–Trinajstić information content (AvgIpc) is 3.00. The highest BCUT2D eigenvalue weighted by molar-refractivity contribution is 5.81. The third-order valence-electron chi connectivity index (χ3n) is 5.65. The molecular formula is C17H30N2O2. The second-order valence-corrected chi connectivity index (χ2v) is 7.33. The summed E-state index contributed by atoms with van der Waals surface area (Å²) in [5.41, 5.74) is -0.399. The van der Waals surface area contributed by atoms with Gasteiger partial charge in [-0.15, -0.1) is 0 Å². The van der Waals surface area contributed by atoms with Gasteiger partial charge >= 0.3 is 5.97 Å². The van der Waals surface area contributed by atoms with Gasteiger partial charge in [0, 0.05) is 18.6 Å². The fraction of sp³-hybridized carbons (Fsp3) is 0.941. The fourth-order valence-corrected chi connectivity index (χ4v) is 4.36. The molecule has 2 saturated carbocycles. The van der Waals surface area contributed by atoms with Crippen molar-refractivity contribution in [2.75, 3.05) is 20.2 Å². The van der Waals surface area contributed by atoms with Gasteiger partial charge in [-0.1, -0.05) is 13.3 Å². The van der Waals surface area contributed by atoms with E-state index < -0.39 is 5.54 Å². The molecule has 3 fully saturated rings. The van der Waals surface area contributed by atoms with Crippen LogP contribution in [0.25, 0.3) is 0 Å². The van der Waals surface area contributed by atoms with E-state index in [9.17, 15) is 4.79 Å². The van der Waals surface area contributed by atoms with Crippen molar-refractivity contribution < 1.29 is 9.53 Å². The monoisotopic (exact) mass is 294 g/mol. The SMILES string of the molecule is CCCC1CCN(C2CCC(NC3CC3)(C(=O)OC)C2)C1. The number of nitrogens with zero attached hydrogens (tertiary/aromatic N) is 1. The lowest BCUT2D eigenvalue weighted by Crippen LogP contribution is -2.52. The van der Waals surface area contributed by atoms with Crippen LogP contribution in [-0.2, 0) is 9.53 Å². The molecule has 21 heavy (non-hydrogen) atoms. The smallest absolute Gasteiger partial charge is 0.326 e. The zero-order valence-corrected chi connectivity index (χ0v) is 13.6. The van der Waals surface area contributed by atoms with Gasteiger partial charge in [-0.2, -0.15) is 0 Å². The molecule has 3 unspecified atom stereocenters. The van der Waals surface area contributed by atoms with Crippen molar-refractivity contribution in [3.63, 3.8) is 0 Å². The molecule has 4 nitrogen and oxygen atoms in total. The molecule has 1 heterocycles. The second-order valence-electron chi connectivity index (χ2n) is 7.33. The summed E-state index contributed by atoms with van der Waals surface area (Å²) in [5.74, 6) is 0.834.